The molecule has 1 amide bonds. The van der Waals surface area contributed by atoms with Gasteiger partial charge in [-0.3, -0.25) is 4.79 Å². The van der Waals surface area contributed by atoms with Crippen molar-refractivity contribution < 1.29 is 28.5 Å². The number of likely N-dealkylation sites (N-methyl/N-ethyl adjacent to an activating group) is 1. The van der Waals surface area contributed by atoms with E-state index in [0.29, 0.717) is 37.1 Å². The summed E-state index contributed by atoms with van der Waals surface area (Å²) < 4.78 is 23.4. The van der Waals surface area contributed by atoms with Crippen LogP contribution < -0.4 is 15.2 Å². The highest BCUT2D eigenvalue weighted by atomic mass is 16.6. The van der Waals surface area contributed by atoms with E-state index >= 15 is 0 Å². The molecular weight excluding hydrogens is 462 g/mol. The molecule has 9 nitrogen and oxygen atoms in total. The molecule has 5 aliphatic rings. The van der Waals surface area contributed by atoms with Crippen LogP contribution in [0.5, 0.6) is 11.5 Å². The molecule has 6 atom stereocenters. The lowest BCUT2D eigenvalue weighted by Crippen LogP contribution is -2.63. The van der Waals surface area contributed by atoms with E-state index in [0.717, 1.165) is 37.3 Å². The first-order chi connectivity index (χ1) is 17.4. The Labute approximate surface area is 211 Å². The van der Waals surface area contributed by atoms with Gasteiger partial charge in [-0.2, -0.15) is 0 Å². The maximum atomic E-state index is 13.5. The Kier molecular flexibility index (Phi) is 5.68. The topological polar surface area (TPSA) is 104 Å². The van der Waals surface area contributed by atoms with Crippen LogP contribution in [0.4, 0.5) is 4.79 Å². The minimum Gasteiger partial charge on any atom is -0.493 e. The Hall–Kier alpha value is -2.78. The molecular formula is C27H35N3O6. The third kappa shape index (κ3) is 3.21. The third-order valence-corrected chi connectivity index (χ3v) is 9.39. The standard InChI is InChI=1S/C27H35N3O6/c1-29-11-9-27-18-5-7-21(35-26(32)30-10-8-16(25(31)34-3)12-17(30)14-28)24(27)36-23-20(33-2)6-4-15(22(23)27)13-19(18)29/h4,6-7,16-19,24H,5,8-14,28H2,1-3H3/t16?,17?,18-,19+,24-,27-/m0/s1. The van der Waals surface area contributed by atoms with Crippen molar-refractivity contribution in [1.82, 2.24) is 9.80 Å². The lowest BCUT2D eigenvalue weighted by atomic mass is 9.53. The van der Waals surface area contributed by atoms with Gasteiger partial charge in [0.25, 0.3) is 0 Å². The number of rotatable bonds is 4. The number of ether oxygens (including phenoxy) is 4. The van der Waals surface area contributed by atoms with E-state index in [4.69, 9.17) is 24.7 Å². The lowest BCUT2D eigenvalue weighted by Gasteiger charge is -2.56. The number of piperidine rings is 2. The molecule has 1 spiro atoms. The summed E-state index contributed by atoms with van der Waals surface area (Å²) in [6.45, 7) is 1.63. The van der Waals surface area contributed by atoms with Crippen molar-refractivity contribution >= 4 is 12.1 Å². The Morgan fingerprint density at radius 3 is 2.83 bits per heavy atom. The van der Waals surface area contributed by atoms with Crippen LogP contribution >= 0.6 is 0 Å². The van der Waals surface area contributed by atoms with Crippen molar-refractivity contribution in [3.8, 4) is 11.5 Å². The van der Waals surface area contributed by atoms with Gasteiger partial charge in [-0.25, -0.2) is 4.79 Å². The minimum absolute atomic E-state index is 0.232. The van der Waals surface area contributed by atoms with Crippen LogP contribution in [0, 0.1) is 11.8 Å². The molecule has 2 bridgehead atoms. The van der Waals surface area contributed by atoms with Crippen LogP contribution in [0.1, 0.15) is 36.8 Å². The smallest absolute Gasteiger partial charge is 0.415 e. The van der Waals surface area contributed by atoms with Crippen molar-refractivity contribution in [2.75, 3.05) is 40.9 Å². The molecule has 0 aromatic heterocycles. The number of methoxy groups -OCH3 is 2. The number of hydrogen-bond donors (Lipinski definition) is 1. The second kappa shape index (κ2) is 8.66. The van der Waals surface area contributed by atoms with Crippen molar-refractivity contribution in [2.24, 2.45) is 17.6 Å². The predicted octanol–water partition coefficient (Wildman–Crippen LogP) is 2.21. The number of hydrogen-bond acceptors (Lipinski definition) is 8. The summed E-state index contributed by atoms with van der Waals surface area (Å²) >= 11 is 0. The number of benzene rings is 1. The second-order valence-electron chi connectivity index (χ2n) is 10.8. The number of allylic oxidation sites excluding steroid dienone is 1. The molecule has 2 unspecified atom stereocenters. The van der Waals surface area contributed by atoms with Gasteiger partial charge in [0.05, 0.1) is 20.1 Å². The lowest BCUT2D eigenvalue weighted by molar-refractivity contribution is -0.147. The Bertz CT molecular complexity index is 1120. The van der Waals surface area contributed by atoms with Gasteiger partial charge in [0.2, 0.25) is 0 Å². The molecule has 0 saturated carbocycles. The monoisotopic (exact) mass is 497 g/mol. The summed E-state index contributed by atoms with van der Waals surface area (Å²) in [4.78, 5) is 29.6. The van der Waals surface area contributed by atoms with E-state index in [9.17, 15) is 9.59 Å². The van der Waals surface area contributed by atoms with Crippen LogP contribution in [0.25, 0.3) is 0 Å². The summed E-state index contributed by atoms with van der Waals surface area (Å²) in [5.74, 6) is 1.99. The zero-order chi connectivity index (χ0) is 25.2. The zero-order valence-electron chi connectivity index (χ0n) is 21.2. The van der Waals surface area contributed by atoms with E-state index < -0.39 is 6.09 Å². The van der Waals surface area contributed by atoms with Crippen LogP contribution in [-0.4, -0.2) is 81.0 Å². The Morgan fingerprint density at radius 2 is 2.08 bits per heavy atom. The van der Waals surface area contributed by atoms with Gasteiger partial charge in [0.1, 0.15) is 5.76 Å². The summed E-state index contributed by atoms with van der Waals surface area (Å²) in [6, 6.07) is 4.31. The van der Waals surface area contributed by atoms with Gasteiger partial charge in [0, 0.05) is 36.2 Å². The van der Waals surface area contributed by atoms with Crippen molar-refractivity contribution in [3.05, 3.63) is 35.1 Å². The molecule has 194 valence electrons. The van der Waals surface area contributed by atoms with E-state index in [-0.39, 0.29) is 36.0 Å². The first-order valence-electron chi connectivity index (χ1n) is 13.0. The maximum absolute atomic E-state index is 13.5. The molecule has 2 fully saturated rings. The minimum atomic E-state index is -0.429. The highest BCUT2D eigenvalue weighted by molar-refractivity contribution is 5.74. The quantitative estimate of drug-likeness (QED) is 0.632. The number of esters is 1. The molecule has 6 rings (SSSR count). The highest BCUT2D eigenvalue weighted by Gasteiger charge is 2.65. The highest BCUT2D eigenvalue weighted by Crippen LogP contribution is 2.63. The number of nitrogens with zero attached hydrogens (tertiary/aromatic N) is 2. The second-order valence-corrected chi connectivity index (χ2v) is 10.8. The Balaban J connectivity index is 1.30. The number of carbonyl (C=O) groups is 2. The van der Waals surface area contributed by atoms with Gasteiger partial charge >= 0.3 is 12.1 Å². The number of likely N-dealkylation sites (tertiary alicyclic amines) is 2. The fraction of sp³-hybridized carbons (Fsp3) is 0.630. The molecule has 2 aliphatic carbocycles. The third-order valence-electron chi connectivity index (χ3n) is 9.39. The van der Waals surface area contributed by atoms with Crippen molar-refractivity contribution in [2.45, 2.75) is 55.7 Å². The van der Waals surface area contributed by atoms with E-state index in [1.54, 1.807) is 12.0 Å². The SMILES string of the molecule is COC(=O)C1CCN(C(=O)OC2=CC[C@H]3[C@H]4Cc5ccc(OC)c6c5[C@@]3(CCN4C)[C@H]2O6)C(CN)C1. The largest absolute Gasteiger partial charge is 0.493 e. The normalized spacial score (nSPS) is 34.3. The van der Waals surface area contributed by atoms with Crippen LogP contribution in [-0.2, 0) is 26.1 Å². The number of nitrogens with two attached hydrogens (primary N) is 1. The van der Waals surface area contributed by atoms with E-state index in [1.807, 2.05) is 6.07 Å². The van der Waals surface area contributed by atoms with E-state index in [2.05, 4.69) is 24.1 Å². The fourth-order valence-electron chi connectivity index (χ4n) is 7.62. The number of amides is 1. The molecule has 3 aliphatic heterocycles. The Morgan fingerprint density at radius 1 is 1.25 bits per heavy atom. The molecule has 1 aromatic rings. The van der Waals surface area contributed by atoms with Crippen LogP contribution in [0.3, 0.4) is 0 Å². The summed E-state index contributed by atoms with van der Waals surface area (Å²) in [5, 5.41) is 0. The van der Waals surface area contributed by atoms with Crippen LogP contribution in [0.15, 0.2) is 24.0 Å². The van der Waals surface area contributed by atoms with Gasteiger partial charge in [-0.1, -0.05) is 6.07 Å². The zero-order valence-corrected chi connectivity index (χ0v) is 21.2. The van der Waals surface area contributed by atoms with Crippen molar-refractivity contribution in [1.29, 1.82) is 0 Å². The molecule has 0 radical (unpaired) electrons. The van der Waals surface area contributed by atoms with Gasteiger partial charge in [-0.15, -0.1) is 0 Å². The van der Waals surface area contributed by atoms with Crippen LogP contribution in [0.2, 0.25) is 0 Å². The first-order valence-corrected chi connectivity index (χ1v) is 13.0. The average molecular weight is 498 g/mol. The van der Waals surface area contributed by atoms with Gasteiger partial charge < -0.3 is 34.5 Å². The molecule has 3 heterocycles. The predicted molar refractivity (Wildman–Crippen MR) is 131 cm³/mol. The fourth-order valence-corrected chi connectivity index (χ4v) is 7.62. The molecule has 1 aromatic carbocycles. The maximum Gasteiger partial charge on any atom is 0.415 e. The molecule has 9 heteroatoms. The summed E-state index contributed by atoms with van der Waals surface area (Å²) in [5.41, 5.74) is 8.33. The van der Waals surface area contributed by atoms with Crippen molar-refractivity contribution in [3.63, 3.8) is 0 Å². The molecule has 2 saturated heterocycles. The van der Waals surface area contributed by atoms with Gasteiger partial charge in [0.15, 0.2) is 17.6 Å². The van der Waals surface area contributed by atoms with Gasteiger partial charge in [-0.05, 0) is 69.3 Å². The summed E-state index contributed by atoms with van der Waals surface area (Å²) in [6.07, 6.45) is 5.02. The average Bonchev–Trinajstić information content (AvgIpc) is 3.26. The van der Waals surface area contributed by atoms with E-state index in [1.165, 1.54) is 18.2 Å². The molecule has 36 heavy (non-hydrogen) atoms. The number of carbonyl (C=O) groups excluding carboxylic acids is 2. The first kappa shape index (κ1) is 23.6. The molecule has 2 N–H and O–H groups in total. The summed E-state index contributed by atoms with van der Waals surface area (Å²) in [7, 11) is 5.27.